The molecule has 1 aromatic carbocycles. The quantitative estimate of drug-likeness (QED) is 0.326. The molecular formula is C18H18O7Pb-3. The monoisotopic (exact) mass is 554 g/mol. The standard InChI is InChI=1S/C7H6O2.C7H7O.2C2H4O2.Pb/c8-7(9)6-4-2-1-3-5-6;1-8-7-5-3-2-4-6-7;2*1-2(3)4;/h1-5H,(H,8,9);3-6H,1H3;2*1H3,(H,3,4);/p-3. The van der Waals surface area contributed by atoms with E-state index in [1.807, 2.05) is 24.6 Å². The van der Waals surface area contributed by atoms with Gasteiger partial charge in [-0.1, -0.05) is 30.3 Å². The van der Waals surface area contributed by atoms with E-state index in [4.69, 9.17) is 24.5 Å². The van der Waals surface area contributed by atoms with Crippen molar-refractivity contribution in [1.82, 2.24) is 0 Å². The molecule has 0 unspecified atom stereocenters. The number of carboxylic acid groups (broad SMARTS) is 3. The van der Waals surface area contributed by atoms with Crippen LogP contribution in [0.5, 0.6) is 0 Å². The Balaban J connectivity index is -0.000000287. The molecule has 8 heteroatoms. The zero-order chi connectivity index (χ0) is 19.7. The molecule has 0 spiro atoms. The van der Waals surface area contributed by atoms with Crippen LogP contribution < -0.4 is 15.3 Å². The summed E-state index contributed by atoms with van der Waals surface area (Å²) in [6.45, 7) is 1.94. The third-order valence-electron chi connectivity index (χ3n) is 1.93. The predicted molar refractivity (Wildman–Crippen MR) is 89.9 cm³/mol. The van der Waals surface area contributed by atoms with E-state index in [1.54, 1.807) is 25.3 Å². The van der Waals surface area contributed by atoms with E-state index in [-0.39, 0.29) is 32.9 Å². The van der Waals surface area contributed by atoms with Crippen LogP contribution >= 0.6 is 0 Å². The van der Waals surface area contributed by atoms with Crippen LogP contribution in [0.25, 0.3) is 0 Å². The van der Waals surface area contributed by atoms with Crippen molar-refractivity contribution in [3.63, 3.8) is 0 Å². The summed E-state index contributed by atoms with van der Waals surface area (Å²) >= 11 is 0. The van der Waals surface area contributed by atoms with Crippen molar-refractivity contribution in [1.29, 1.82) is 0 Å². The molecule has 0 fully saturated rings. The van der Waals surface area contributed by atoms with Gasteiger partial charge in [0.25, 0.3) is 0 Å². The Hall–Kier alpha value is -2.39. The van der Waals surface area contributed by atoms with Gasteiger partial charge in [-0.3, -0.25) is 0 Å². The van der Waals surface area contributed by atoms with Crippen LogP contribution in [0.3, 0.4) is 0 Å². The second-order valence-electron chi connectivity index (χ2n) is 4.08. The number of hydrogen-bond acceptors (Lipinski definition) is 7. The van der Waals surface area contributed by atoms with E-state index in [0.717, 1.165) is 19.6 Å². The summed E-state index contributed by atoms with van der Waals surface area (Å²) in [6, 6.07) is 8.06. The number of aromatic carboxylic acids is 1. The summed E-state index contributed by atoms with van der Waals surface area (Å²) in [6.07, 6.45) is 7.36. The van der Waals surface area contributed by atoms with E-state index in [9.17, 15) is 9.90 Å². The fraction of sp³-hybridized carbons (Fsp3) is 0.167. The molecule has 0 aliphatic heterocycles. The summed E-state index contributed by atoms with van der Waals surface area (Å²) in [7, 11) is 1.65. The summed E-state index contributed by atoms with van der Waals surface area (Å²) in [5.74, 6) is -2.42. The van der Waals surface area contributed by atoms with Gasteiger partial charge in [0.2, 0.25) is 0 Å². The van der Waals surface area contributed by atoms with Gasteiger partial charge in [0, 0.05) is 39.2 Å². The molecule has 0 amide bonds. The fourth-order valence-electron chi connectivity index (χ4n) is 1.08. The van der Waals surface area contributed by atoms with Crippen LogP contribution in [0.1, 0.15) is 24.2 Å². The van der Waals surface area contributed by atoms with Crippen molar-refractivity contribution < 1.29 is 34.4 Å². The number of methoxy groups -OCH3 is 1. The normalized spacial score (nSPS) is 9.88. The molecule has 7 nitrogen and oxygen atoms in total. The van der Waals surface area contributed by atoms with E-state index >= 15 is 0 Å². The summed E-state index contributed by atoms with van der Waals surface area (Å²) in [4.78, 5) is 27.9. The van der Waals surface area contributed by atoms with Crippen LogP contribution in [0.2, 0.25) is 0 Å². The second kappa shape index (κ2) is 18.9. The molecule has 1 aromatic rings. The number of aliphatic carboxylic acids is 2. The third-order valence-corrected chi connectivity index (χ3v) is 1.93. The van der Waals surface area contributed by atoms with Crippen molar-refractivity contribution in [3.05, 3.63) is 72.0 Å². The second-order valence-corrected chi connectivity index (χ2v) is 4.08. The Labute approximate surface area is 172 Å². The van der Waals surface area contributed by atoms with E-state index in [2.05, 4.69) is 5.73 Å². The molecule has 0 saturated heterocycles. The first kappa shape index (κ1) is 28.4. The Bertz CT molecular complexity index is 610. The van der Waals surface area contributed by atoms with E-state index in [0.29, 0.717) is 0 Å². The maximum Gasteiger partial charge on any atom is 0.105 e. The maximum atomic E-state index is 10.1. The van der Waals surface area contributed by atoms with Crippen molar-refractivity contribution in [2.45, 2.75) is 13.8 Å². The van der Waals surface area contributed by atoms with Gasteiger partial charge < -0.3 is 34.4 Å². The third kappa shape index (κ3) is 23.9. The van der Waals surface area contributed by atoms with Gasteiger partial charge in [-0.15, -0.1) is 5.73 Å². The Morgan fingerprint density at radius 1 is 0.923 bits per heavy atom. The topological polar surface area (TPSA) is 130 Å². The van der Waals surface area contributed by atoms with Crippen LogP contribution in [0, 0.1) is 6.42 Å². The van der Waals surface area contributed by atoms with Crippen LogP contribution in [-0.2, 0) is 14.3 Å². The number of ether oxygens (including phenoxy) is 1. The number of allylic oxidation sites excluding steroid dienone is 2. The SMILES string of the molecule is CC(=O)[O-].CC(=O)[O-].COC1=CC=C=C[CH]1.O=C([O-])c1ccccc1.[Pb]. The van der Waals surface area contributed by atoms with Crippen molar-refractivity contribution >= 4 is 45.2 Å². The van der Waals surface area contributed by atoms with Crippen molar-refractivity contribution in [3.8, 4) is 0 Å². The van der Waals surface area contributed by atoms with Gasteiger partial charge in [-0.2, -0.15) is 0 Å². The Kier molecular flexibility index (Phi) is 20.7. The molecule has 2 rings (SSSR count). The summed E-state index contributed by atoms with van der Waals surface area (Å²) in [5, 5.41) is 27.9. The minimum absolute atomic E-state index is 0. The first-order valence-corrected chi connectivity index (χ1v) is 6.82. The van der Waals surface area contributed by atoms with E-state index in [1.165, 1.54) is 12.1 Å². The molecule has 5 radical (unpaired) electrons. The molecular weight excluding hydrogens is 535 g/mol. The summed E-state index contributed by atoms with van der Waals surface area (Å²) in [5.41, 5.74) is 3.11. The molecule has 1 aliphatic rings. The molecule has 0 N–H and O–H groups in total. The first-order valence-electron chi connectivity index (χ1n) is 6.82. The van der Waals surface area contributed by atoms with Gasteiger partial charge >= 0.3 is 0 Å². The predicted octanol–water partition coefficient (Wildman–Crippen LogP) is -1.37. The summed E-state index contributed by atoms with van der Waals surface area (Å²) < 4.78 is 4.89. The molecule has 1 aliphatic carbocycles. The van der Waals surface area contributed by atoms with Crippen LogP contribution in [0.15, 0.2) is 60.1 Å². The van der Waals surface area contributed by atoms with Crippen molar-refractivity contribution in [2.75, 3.05) is 7.11 Å². The average Bonchev–Trinajstić information content (AvgIpc) is 2.56. The van der Waals surface area contributed by atoms with Crippen LogP contribution in [-0.4, -0.2) is 52.3 Å². The van der Waals surface area contributed by atoms with Gasteiger partial charge in [-0.05, 0) is 37.6 Å². The maximum absolute atomic E-state index is 10.1. The number of hydrogen-bond donors (Lipinski definition) is 0. The Morgan fingerprint density at radius 2 is 1.38 bits per heavy atom. The first-order chi connectivity index (χ1) is 11.7. The molecule has 0 atom stereocenters. The number of benzene rings is 1. The Morgan fingerprint density at radius 3 is 1.62 bits per heavy atom. The average molecular weight is 554 g/mol. The number of carbonyl (C=O) groups excluding carboxylic acids is 3. The number of carbonyl (C=O) groups is 3. The van der Waals surface area contributed by atoms with Gasteiger partial charge in [0.05, 0.1) is 19.5 Å². The molecule has 0 bridgehead atoms. The minimum atomic E-state index is -1.13. The number of carboxylic acids is 3. The molecule has 0 aromatic heterocycles. The van der Waals surface area contributed by atoms with Gasteiger partial charge in [0.1, 0.15) is 5.76 Å². The zero-order valence-corrected chi connectivity index (χ0v) is 18.4. The van der Waals surface area contributed by atoms with E-state index < -0.39 is 17.9 Å². The molecule has 0 saturated carbocycles. The van der Waals surface area contributed by atoms with Crippen molar-refractivity contribution in [2.24, 2.45) is 0 Å². The van der Waals surface area contributed by atoms with Gasteiger partial charge in [0.15, 0.2) is 0 Å². The smallest absolute Gasteiger partial charge is 0.105 e. The van der Waals surface area contributed by atoms with Gasteiger partial charge in [-0.25, -0.2) is 0 Å². The fourth-order valence-corrected chi connectivity index (χ4v) is 1.08. The molecule has 139 valence electrons. The largest absolute Gasteiger partial charge is 0.550 e. The van der Waals surface area contributed by atoms with Crippen LogP contribution in [0.4, 0.5) is 0 Å². The minimum Gasteiger partial charge on any atom is -0.550 e. The number of rotatable bonds is 2. The zero-order valence-electron chi connectivity index (χ0n) is 14.6. The molecule has 0 heterocycles. The molecule has 26 heavy (non-hydrogen) atoms.